The second-order valence-electron chi connectivity index (χ2n) is 7.34. The highest BCUT2D eigenvalue weighted by atomic mass is 16.6. The van der Waals surface area contributed by atoms with Crippen molar-refractivity contribution in [2.45, 2.75) is 32.4 Å². The van der Waals surface area contributed by atoms with Crippen LogP contribution in [0, 0.1) is 0 Å². The Bertz CT molecular complexity index is 1140. The van der Waals surface area contributed by atoms with Crippen molar-refractivity contribution in [3.8, 4) is 5.75 Å². The van der Waals surface area contributed by atoms with Crippen molar-refractivity contribution in [3.63, 3.8) is 0 Å². The third-order valence-corrected chi connectivity index (χ3v) is 5.86. The molecule has 6 nitrogen and oxygen atoms in total. The van der Waals surface area contributed by atoms with Crippen molar-refractivity contribution in [2.24, 2.45) is 0 Å². The van der Waals surface area contributed by atoms with Crippen molar-refractivity contribution < 1.29 is 19.7 Å². The van der Waals surface area contributed by atoms with E-state index >= 15 is 0 Å². The van der Waals surface area contributed by atoms with Gasteiger partial charge in [0.25, 0.3) is 0 Å². The van der Waals surface area contributed by atoms with Crippen molar-refractivity contribution >= 4 is 22.6 Å². The highest BCUT2D eigenvalue weighted by Gasteiger charge is 2.48. The molecule has 142 valence electrons. The SMILES string of the molecule is CC=C1C2=C(C=C3c4nc5ccc(O)cc5cc4CN13)C(O)(CC)C(=O)OC2. The van der Waals surface area contributed by atoms with E-state index in [9.17, 15) is 15.0 Å². The van der Waals surface area contributed by atoms with Crippen LogP contribution in [0.4, 0.5) is 0 Å². The summed E-state index contributed by atoms with van der Waals surface area (Å²) >= 11 is 0. The number of esters is 1. The zero-order valence-electron chi connectivity index (χ0n) is 15.7. The van der Waals surface area contributed by atoms with Crippen molar-refractivity contribution in [1.82, 2.24) is 9.88 Å². The summed E-state index contributed by atoms with van der Waals surface area (Å²) in [6, 6.07) is 7.15. The predicted molar refractivity (Wildman–Crippen MR) is 104 cm³/mol. The molecular weight excluding hydrogens is 356 g/mol. The van der Waals surface area contributed by atoms with E-state index in [4.69, 9.17) is 9.72 Å². The lowest BCUT2D eigenvalue weighted by Gasteiger charge is -2.39. The molecule has 0 amide bonds. The normalized spacial score (nSPS) is 24.8. The summed E-state index contributed by atoms with van der Waals surface area (Å²) in [5, 5.41) is 21.7. The number of fused-ring (bicyclic) bond motifs is 4. The Morgan fingerprint density at radius 1 is 1.36 bits per heavy atom. The maximum absolute atomic E-state index is 12.3. The summed E-state index contributed by atoms with van der Waals surface area (Å²) in [5.41, 5.74) is 4.26. The summed E-state index contributed by atoms with van der Waals surface area (Å²) in [5.74, 6) is -0.395. The monoisotopic (exact) mass is 376 g/mol. The molecule has 1 unspecified atom stereocenters. The van der Waals surface area contributed by atoms with E-state index in [0.29, 0.717) is 12.1 Å². The van der Waals surface area contributed by atoms with Crippen LogP contribution in [0.1, 0.15) is 31.5 Å². The summed E-state index contributed by atoms with van der Waals surface area (Å²) in [4.78, 5) is 19.3. The zero-order chi connectivity index (χ0) is 19.6. The fourth-order valence-electron chi connectivity index (χ4n) is 4.37. The minimum atomic E-state index is -1.65. The molecule has 4 heterocycles. The van der Waals surface area contributed by atoms with Gasteiger partial charge in [-0.1, -0.05) is 13.0 Å². The molecule has 0 bridgehead atoms. The topological polar surface area (TPSA) is 82.9 Å². The molecule has 2 aromatic rings. The molecule has 2 N–H and O–H groups in total. The van der Waals surface area contributed by atoms with Gasteiger partial charge in [0.15, 0.2) is 5.60 Å². The van der Waals surface area contributed by atoms with Crippen LogP contribution in [0.5, 0.6) is 5.75 Å². The highest BCUT2D eigenvalue weighted by Crippen LogP contribution is 2.46. The molecule has 1 atom stereocenters. The zero-order valence-corrected chi connectivity index (χ0v) is 15.7. The van der Waals surface area contributed by atoms with Crippen LogP contribution in [-0.4, -0.2) is 38.3 Å². The molecule has 3 aliphatic heterocycles. The van der Waals surface area contributed by atoms with Crippen LogP contribution in [0.2, 0.25) is 0 Å². The molecular formula is C22H20N2O4. The summed E-state index contributed by atoms with van der Waals surface area (Å²) < 4.78 is 5.30. The maximum Gasteiger partial charge on any atom is 0.343 e. The lowest BCUT2D eigenvalue weighted by Crippen LogP contribution is -2.47. The number of aromatic hydroxyl groups is 1. The Morgan fingerprint density at radius 2 is 2.18 bits per heavy atom. The van der Waals surface area contributed by atoms with E-state index in [2.05, 4.69) is 4.90 Å². The Kier molecular flexibility index (Phi) is 3.46. The van der Waals surface area contributed by atoms with Crippen LogP contribution >= 0.6 is 0 Å². The Balaban J connectivity index is 1.74. The number of aromatic nitrogens is 1. The van der Waals surface area contributed by atoms with Crippen molar-refractivity contribution in [1.29, 1.82) is 0 Å². The number of phenolic OH excluding ortho intramolecular Hbond substituents is 1. The van der Waals surface area contributed by atoms with Crippen molar-refractivity contribution in [2.75, 3.05) is 6.61 Å². The first-order chi connectivity index (χ1) is 13.5. The van der Waals surface area contributed by atoms with Gasteiger partial charge in [0.2, 0.25) is 0 Å². The first kappa shape index (κ1) is 17.0. The lowest BCUT2D eigenvalue weighted by atomic mass is 9.82. The standard InChI is InChI=1S/C22H20N2O4/c1-3-18-15-11-28-21(26)22(27,4-2)16(15)9-19-20-13(10-24(18)19)7-12-8-14(25)5-6-17(12)23-20/h3,5-9,25,27H,4,10-11H2,1-2H3. The number of ether oxygens (including phenoxy) is 1. The summed E-state index contributed by atoms with van der Waals surface area (Å²) in [6.45, 7) is 4.50. The molecule has 0 fully saturated rings. The number of nitrogens with zero attached hydrogens (tertiary/aromatic N) is 2. The van der Waals surface area contributed by atoms with Gasteiger partial charge in [0, 0.05) is 27.8 Å². The average molecular weight is 376 g/mol. The molecule has 6 heteroatoms. The number of pyridine rings is 1. The number of carbonyl (C=O) groups is 1. The van der Waals surface area contributed by atoms with E-state index in [1.165, 1.54) is 0 Å². The second kappa shape index (κ2) is 5.69. The number of aliphatic hydroxyl groups is 1. The molecule has 1 aromatic heterocycles. The lowest BCUT2D eigenvalue weighted by molar-refractivity contribution is -0.162. The second-order valence-corrected chi connectivity index (χ2v) is 7.34. The van der Waals surface area contributed by atoms with Gasteiger partial charge in [0.05, 0.1) is 23.5 Å². The first-order valence-electron chi connectivity index (χ1n) is 9.38. The maximum atomic E-state index is 12.3. The van der Waals surface area contributed by atoms with Crippen LogP contribution in [0.15, 0.2) is 53.3 Å². The molecule has 0 saturated carbocycles. The van der Waals surface area contributed by atoms with Gasteiger partial charge in [-0.2, -0.15) is 0 Å². The fraction of sp³-hybridized carbons (Fsp3) is 0.273. The van der Waals surface area contributed by atoms with E-state index in [1.807, 2.05) is 25.1 Å². The molecule has 5 rings (SSSR count). The largest absolute Gasteiger partial charge is 0.508 e. The Labute approximate surface area is 162 Å². The van der Waals surface area contributed by atoms with Gasteiger partial charge in [0.1, 0.15) is 12.4 Å². The Hall–Kier alpha value is -3.12. The molecule has 0 spiro atoms. The number of cyclic esters (lactones) is 1. The van der Waals surface area contributed by atoms with E-state index < -0.39 is 11.6 Å². The van der Waals surface area contributed by atoms with Gasteiger partial charge in [-0.05, 0) is 43.7 Å². The number of hydrogen-bond donors (Lipinski definition) is 2. The number of allylic oxidation sites excluding steroid dienone is 1. The summed E-state index contributed by atoms with van der Waals surface area (Å²) in [7, 11) is 0. The molecule has 3 aliphatic rings. The third-order valence-electron chi connectivity index (χ3n) is 5.86. The molecule has 28 heavy (non-hydrogen) atoms. The van der Waals surface area contributed by atoms with Gasteiger partial charge >= 0.3 is 5.97 Å². The quantitative estimate of drug-likeness (QED) is 0.745. The van der Waals surface area contributed by atoms with Crippen LogP contribution in [-0.2, 0) is 16.1 Å². The van der Waals surface area contributed by atoms with Gasteiger partial charge in [-0.15, -0.1) is 0 Å². The first-order valence-corrected chi connectivity index (χ1v) is 9.38. The number of rotatable bonds is 1. The molecule has 0 aliphatic carbocycles. The smallest absolute Gasteiger partial charge is 0.343 e. The van der Waals surface area contributed by atoms with Crippen LogP contribution in [0.3, 0.4) is 0 Å². The van der Waals surface area contributed by atoms with Crippen LogP contribution < -0.4 is 0 Å². The molecule has 0 radical (unpaired) electrons. The minimum absolute atomic E-state index is 0.149. The van der Waals surface area contributed by atoms with Crippen LogP contribution in [0.25, 0.3) is 16.6 Å². The van der Waals surface area contributed by atoms with Crippen molar-refractivity contribution in [3.05, 3.63) is 64.5 Å². The van der Waals surface area contributed by atoms with E-state index in [0.717, 1.165) is 39.1 Å². The summed E-state index contributed by atoms with van der Waals surface area (Å²) in [6.07, 6.45) is 4.11. The number of benzene rings is 1. The third kappa shape index (κ3) is 2.12. The number of phenols is 1. The fourth-order valence-corrected chi connectivity index (χ4v) is 4.37. The molecule has 0 saturated heterocycles. The van der Waals surface area contributed by atoms with Gasteiger partial charge in [-0.25, -0.2) is 9.78 Å². The minimum Gasteiger partial charge on any atom is -0.508 e. The Morgan fingerprint density at radius 3 is 2.93 bits per heavy atom. The van der Waals surface area contributed by atoms with E-state index in [1.54, 1.807) is 25.1 Å². The van der Waals surface area contributed by atoms with Gasteiger partial charge < -0.3 is 19.8 Å². The number of hydrogen-bond acceptors (Lipinski definition) is 6. The average Bonchev–Trinajstić information content (AvgIpc) is 3.04. The molecule has 1 aromatic carbocycles. The van der Waals surface area contributed by atoms with Gasteiger partial charge in [-0.3, -0.25) is 0 Å². The predicted octanol–water partition coefficient (Wildman–Crippen LogP) is 3.01. The highest BCUT2D eigenvalue weighted by molar-refractivity contribution is 5.91. The number of carbonyl (C=O) groups excluding carboxylic acids is 1. The van der Waals surface area contributed by atoms with E-state index in [-0.39, 0.29) is 18.8 Å².